The van der Waals surface area contributed by atoms with Crippen LogP contribution in [-0.4, -0.2) is 40.8 Å². The fourth-order valence-electron chi connectivity index (χ4n) is 1.76. The number of rotatable bonds is 8. The SMILES string of the molecule is CC(C)[C@@H](C=Nc1cccc(/N=C/[C@@H](CO)C(C)C)n1)CO. The highest BCUT2D eigenvalue weighted by molar-refractivity contribution is 5.67. The molecule has 0 aliphatic heterocycles. The first-order valence-corrected chi connectivity index (χ1v) is 7.75. The second-order valence-electron chi connectivity index (χ2n) is 6.09. The number of hydrogen-bond donors (Lipinski definition) is 2. The van der Waals surface area contributed by atoms with Crippen LogP contribution in [0.2, 0.25) is 0 Å². The molecule has 1 aromatic rings. The first-order chi connectivity index (χ1) is 10.5. The van der Waals surface area contributed by atoms with Gasteiger partial charge < -0.3 is 10.2 Å². The van der Waals surface area contributed by atoms with Crippen molar-refractivity contribution in [1.82, 2.24) is 4.98 Å². The van der Waals surface area contributed by atoms with Crippen LogP contribution in [0.25, 0.3) is 0 Å². The number of aliphatic hydroxyl groups excluding tert-OH is 2. The van der Waals surface area contributed by atoms with Crippen LogP contribution in [-0.2, 0) is 0 Å². The van der Waals surface area contributed by atoms with Gasteiger partial charge in [-0.05, 0) is 24.0 Å². The smallest absolute Gasteiger partial charge is 0.153 e. The monoisotopic (exact) mass is 305 g/mol. The Bertz CT molecular complexity index is 457. The van der Waals surface area contributed by atoms with E-state index in [4.69, 9.17) is 0 Å². The Kier molecular flexibility index (Phi) is 7.91. The zero-order valence-corrected chi connectivity index (χ0v) is 13.8. The van der Waals surface area contributed by atoms with E-state index in [9.17, 15) is 10.2 Å². The Balaban J connectivity index is 2.82. The third-order valence-corrected chi connectivity index (χ3v) is 3.65. The number of hydrogen-bond acceptors (Lipinski definition) is 5. The van der Waals surface area contributed by atoms with Gasteiger partial charge in [0.15, 0.2) is 11.6 Å². The van der Waals surface area contributed by atoms with Gasteiger partial charge in [0.25, 0.3) is 0 Å². The normalized spacial score (nSPS) is 15.3. The number of nitrogens with zero attached hydrogens (tertiary/aromatic N) is 3. The highest BCUT2D eigenvalue weighted by Crippen LogP contribution is 2.17. The van der Waals surface area contributed by atoms with Crippen LogP contribution in [0.15, 0.2) is 28.2 Å². The average molecular weight is 305 g/mol. The van der Waals surface area contributed by atoms with Gasteiger partial charge in [-0.15, -0.1) is 0 Å². The molecule has 2 N–H and O–H groups in total. The van der Waals surface area contributed by atoms with Crippen molar-refractivity contribution in [1.29, 1.82) is 0 Å². The van der Waals surface area contributed by atoms with Crippen molar-refractivity contribution < 1.29 is 10.2 Å². The standard InChI is InChI=1S/C17H27N3O2/c1-12(2)14(10-21)8-18-16-6-5-7-17(20-16)19-9-15(11-22)13(3)4/h5-9,12-15,21-22H,10-11H2,1-4H3/b18-8+,19-9?/t14-,15-/m0/s1. The minimum Gasteiger partial charge on any atom is -0.396 e. The molecule has 5 heteroatoms. The molecule has 0 radical (unpaired) electrons. The average Bonchev–Trinajstić information content (AvgIpc) is 2.48. The van der Waals surface area contributed by atoms with Gasteiger partial charge >= 0.3 is 0 Å². The highest BCUT2D eigenvalue weighted by Gasteiger charge is 2.10. The largest absolute Gasteiger partial charge is 0.396 e. The van der Waals surface area contributed by atoms with Gasteiger partial charge in [0.05, 0.1) is 13.2 Å². The first kappa shape index (κ1) is 18.5. The lowest BCUT2D eigenvalue weighted by molar-refractivity contribution is 0.235. The number of pyridine rings is 1. The molecule has 1 heterocycles. The van der Waals surface area contributed by atoms with Gasteiger partial charge in [-0.25, -0.2) is 15.0 Å². The Morgan fingerprint density at radius 1 is 0.909 bits per heavy atom. The lowest BCUT2D eigenvalue weighted by Crippen LogP contribution is -2.14. The van der Waals surface area contributed by atoms with Gasteiger partial charge in [-0.1, -0.05) is 33.8 Å². The van der Waals surface area contributed by atoms with Gasteiger partial charge in [-0.3, -0.25) is 0 Å². The first-order valence-electron chi connectivity index (χ1n) is 7.75. The van der Waals surface area contributed by atoms with E-state index < -0.39 is 0 Å². The summed E-state index contributed by atoms with van der Waals surface area (Å²) >= 11 is 0. The Hall–Kier alpha value is -1.59. The van der Waals surface area contributed by atoms with Crippen molar-refractivity contribution in [2.24, 2.45) is 33.7 Å². The molecule has 0 saturated heterocycles. The molecular weight excluding hydrogens is 278 g/mol. The third kappa shape index (κ3) is 6.03. The Morgan fingerprint density at radius 2 is 1.32 bits per heavy atom. The predicted molar refractivity (Wildman–Crippen MR) is 91.4 cm³/mol. The summed E-state index contributed by atoms with van der Waals surface area (Å²) in [6.45, 7) is 8.32. The van der Waals surface area contributed by atoms with Crippen LogP contribution >= 0.6 is 0 Å². The second-order valence-corrected chi connectivity index (χ2v) is 6.09. The molecule has 2 atom stereocenters. The number of aromatic nitrogens is 1. The van der Waals surface area contributed by atoms with Crippen molar-refractivity contribution in [2.75, 3.05) is 13.2 Å². The van der Waals surface area contributed by atoms with Gasteiger partial charge in [0, 0.05) is 24.3 Å². The molecule has 0 aliphatic rings. The molecule has 0 bridgehead atoms. The molecule has 0 amide bonds. The minimum atomic E-state index is 0.0219. The molecule has 1 aromatic heterocycles. The summed E-state index contributed by atoms with van der Waals surface area (Å²) in [6, 6.07) is 5.45. The fraction of sp³-hybridized carbons (Fsp3) is 0.588. The zero-order valence-electron chi connectivity index (χ0n) is 13.8. The fourth-order valence-corrected chi connectivity index (χ4v) is 1.76. The molecule has 0 fully saturated rings. The van der Waals surface area contributed by atoms with Gasteiger partial charge in [0.1, 0.15) is 0 Å². The third-order valence-electron chi connectivity index (χ3n) is 3.65. The molecule has 0 spiro atoms. The van der Waals surface area contributed by atoms with Crippen molar-refractivity contribution in [3.05, 3.63) is 18.2 Å². The maximum atomic E-state index is 9.29. The van der Waals surface area contributed by atoms with E-state index in [0.29, 0.717) is 23.5 Å². The molecule has 122 valence electrons. The van der Waals surface area contributed by atoms with Crippen molar-refractivity contribution in [3.63, 3.8) is 0 Å². The lowest BCUT2D eigenvalue weighted by Gasteiger charge is -2.12. The van der Waals surface area contributed by atoms with E-state index in [1.54, 1.807) is 24.6 Å². The van der Waals surface area contributed by atoms with Crippen molar-refractivity contribution in [3.8, 4) is 0 Å². The topological polar surface area (TPSA) is 78.1 Å². The van der Waals surface area contributed by atoms with E-state index in [2.05, 4.69) is 15.0 Å². The number of aliphatic imine (C=N–C) groups is 2. The summed E-state index contributed by atoms with van der Waals surface area (Å²) in [5.74, 6) is 1.83. The van der Waals surface area contributed by atoms with Crippen LogP contribution in [0.1, 0.15) is 27.7 Å². The van der Waals surface area contributed by atoms with Crippen LogP contribution in [0.4, 0.5) is 11.6 Å². The van der Waals surface area contributed by atoms with E-state index >= 15 is 0 Å². The predicted octanol–water partition coefficient (Wildman–Crippen LogP) is 3.02. The maximum absolute atomic E-state index is 9.29. The van der Waals surface area contributed by atoms with E-state index in [0.717, 1.165) is 0 Å². The van der Waals surface area contributed by atoms with E-state index in [1.807, 2.05) is 33.8 Å². The molecule has 1 rings (SSSR count). The summed E-state index contributed by atoms with van der Waals surface area (Å²) in [7, 11) is 0. The van der Waals surface area contributed by atoms with Crippen LogP contribution < -0.4 is 0 Å². The maximum Gasteiger partial charge on any atom is 0.153 e. The summed E-state index contributed by atoms with van der Waals surface area (Å²) in [5.41, 5.74) is 0. The van der Waals surface area contributed by atoms with Crippen LogP contribution in [0.5, 0.6) is 0 Å². The summed E-state index contributed by atoms with van der Waals surface area (Å²) in [5, 5.41) is 18.6. The molecular formula is C17H27N3O2. The second kappa shape index (κ2) is 9.43. The molecule has 0 saturated carbocycles. The van der Waals surface area contributed by atoms with Crippen LogP contribution in [0, 0.1) is 23.7 Å². The van der Waals surface area contributed by atoms with Crippen molar-refractivity contribution in [2.45, 2.75) is 27.7 Å². The summed E-state index contributed by atoms with van der Waals surface area (Å²) < 4.78 is 0. The Morgan fingerprint density at radius 3 is 1.64 bits per heavy atom. The quantitative estimate of drug-likeness (QED) is 0.725. The molecule has 5 nitrogen and oxygen atoms in total. The van der Waals surface area contributed by atoms with E-state index in [-0.39, 0.29) is 25.0 Å². The summed E-state index contributed by atoms with van der Waals surface area (Å²) in [4.78, 5) is 13.0. The van der Waals surface area contributed by atoms with Gasteiger partial charge in [0.2, 0.25) is 0 Å². The van der Waals surface area contributed by atoms with Crippen molar-refractivity contribution >= 4 is 24.1 Å². The molecule has 0 aromatic carbocycles. The highest BCUT2D eigenvalue weighted by atomic mass is 16.3. The van der Waals surface area contributed by atoms with Gasteiger partial charge in [-0.2, -0.15) is 0 Å². The minimum absolute atomic E-state index is 0.0219. The van der Waals surface area contributed by atoms with E-state index in [1.165, 1.54) is 0 Å². The van der Waals surface area contributed by atoms with Crippen LogP contribution in [0.3, 0.4) is 0 Å². The zero-order chi connectivity index (χ0) is 16.5. The number of aliphatic hydroxyl groups is 2. The molecule has 0 unspecified atom stereocenters. The summed E-state index contributed by atoms with van der Waals surface area (Å²) in [6.07, 6.45) is 3.48. The molecule has 22 heavy (non-hydrogen) atoms. The Labute approximate surface area is 132 Å². The molecule has 0 aliphatic carbocycles. The lowest BCUT2D eigenvalue weighted by atomic mass is 9.98.